The standard InChI is InChI=1S/C24H23N7O7S2.Na/c1-2-14(22(34)35)38-28-16(13-11-40-24(25)26-13)19(32)27-17-20(33)31-18(23(36)37)12(10-39-21(17)31)9-30-8-7-29-6-4-3-5-15(29)30;/h3-8,11,14,17,21H,2,9-10H2,1H3,(H4-,25,26,27,32,34,35,36,37);/q;+1/p-1/b28-16+;/t14?,17-,21-;/m1./s1. The van der Waals surface area contributed by atoms with E-state index in [-0.39, 0.29) is 64.8 Å². The zero-order valence-corrected chi connectivity index (χ0v) is 25.5. The summed E-state index contributed by atoms with van der Waals surface area (Å²) in [7, 11) is 0. The number of fused-ring (bicyclic) bond motifs is 2. The summed E-state index contributed by atoms with van der Waals surface area (Å²) in [6.07, 6.45) is 4.26. The number of amides is 1. The molecule has 1 saturated heterocycles. The molecular weight excluding hydrogens is 585 g/mol. The Labute approximate surface area is 263 Å². The average Bonchev–Trinajstić information content (AvgIpc) is 3.55. The van der Waals surface area contributed by atoms with Gasteiger partial charge in [-0.05, 0) is 12.5 Å². The van der Waals surface area contributed by atoms with Gasteiger partial charge in [0.2, 0.25) is 6.10 Å². The van der Waals surface area contributed by atoms with Gasteiger partial charge in [-0.2, -0.15) is 0 Å². The van der Waals surface area contributed by atoms with E-state index in [1.54, 1.807) is 6.92 Å². The fourth-order valence-corrected chi connectivity index (χ4v) is 6.20. The van der Waals surface area contributed by atoms with Crippen LogP contribution in [0.5, 0.6) is 0 Å². The molecule has 1 amide bonds. The van der Waals surface area contributed by atoms with E-state index >= 15 is 0 Å². The average molecular weight is 608 g/mol. The van der Waals surface area contributed by atoms with Crippen molar-refractivity contribution < 1.29 is 68.7 Å². The Morgan fingerprint density at radius 3 is 2.78 bits per heavy atom. The fourth-order valence-electron chi connectivity index (χ4n) is 4.33. The number of nitrogens with two attached hydrogens (primary N) is 1. The number of pyridine rings is 1. The Kier molecular flexibility index (Phi) is 9.38. The van der Waals surface area contributed by atoms with E-state index in [0.29, 0.717) is 5.57 Å². The SMILES string of the molecule is CCC(O/N=C(/C([O-])=N[C@@H]1C(=O)N2C(C(=O)[O-])=C(C[n+]3ccn4ccccc43)CS[C@H]12)c1csc(N)n1)C(=O)O.[Na+]. The Balaban J connectivity index is 0.00000387. The third-order valence-corrected chi connectivity index (χ3v) is 8.28. The molecule has 0 bridgehead atoms. The molecule has 3 atom stereocenters. The molecule has 0 spiro atoms. The summed E-state index contributed by atoms with van der Waals surface area (Å²) in [5.74, 6) is -4.19. The number of hydrogen-bond donors (Lipinski definition) is 2. The number of aromatic nitrogens is 3. The Morgan fingerprint density at radius 2 is 2.12 bits per heavy atom. The maximum atomic E-state index is 13.1. The molecule has 3 aromatic heterocycles. The van der Waals surface area contributed by atoms with Crippen molar-refractivity contribution in [3.8, 4) is 0 Å². The van der Waals surface area contributed by atoms with Crippen LogP contribution in [-0.2, 0) is 25.8 Å². The number of carboxylic acids is 2. The van der Waals surface area contributed by atoms with Crippen LogP contribution < -0.4 is 50.1 Å². The van der Waals surface area contributed by atoms with Gasteiger partial charge in [0.05, 0.1) is 17.9 Å². The van der Waals surface area contributed by atoms with E-state index in [1.807, 2.05) is 45.8 Å². The third-order valence-electron chi connectivity index (χ3n) is 6.28. The van der Waals surface area contributed by atoms with E-state index in [0.717, 1.165) is 21.9 Å². The zero-order valence-electron chi connectivity index (χ0n) is 21.9. The van der Waals surface area contributed by atoms with Crippen molar-refractivity contribution in [1.29, 1.82) is 0 Å². The van der Waals surface area contributed by atoms with Crippen molar-refractivity contribution in [1.82, 2.24) is 14.3 Å². The van der Waals surface area contributed by atoms with Gasteiger partial charge in [-0.3, -0.25) is 14.7 Å². The maximum absolute atomic E-state index is 13.1. The number of hydrogen-bond acceptors (Lipinski definition) is 12. The Bertz CT molecular complexity index is 1600. The number of aliphatic imine (C=N–C) groups is 1. The number of thioether (sulfide) groups is 1. The topological polar surface area (TPSA) is 202 Å². The number of imidazole rings is 1. The number of nitrogens with zero attached hydrogens (tertiary/aromatic N) is 6. The maximum Gasteiger partial charge on any atom is 1.00 e. The second-order valence-electron chi connectivity index (χ2n) is 8.77. The normalized spacial score (nSPS) is 19.8. The van der Waals surface area contributed by atoms with Crippen LogP contribution in [0.2, 0.25) is 0 Å². The van der Waals surface area contributed by atoms with Crippen molar-refractivity contribution in [2.24, 2.45) is 10.1 Å². The molecule has 3 aromatic rings. The Hall–Kier alpha value is -3.44. The third kappa shape index (κ3) is 5.97. The number of carboxylic acid groups (broad SMARTS) is 2. The van der Waals surface area contributed by atoms with Crippen LogP contribution >= 0.6 is 23.1 Å². The van der Waals surface area contributed by atoms with Crippen molar-refractivity contribution in [2.75, 3.05) is 11.5 Å². The quantitative estimate of drug-likeness (QED) is 0.0566. The molecule has 5 rings (SSSR count). The largest absolute Gasteiger partial charge is 1.00 e. The van der Waals surface area contributed by atoms with E-state index in [9.17, 15) is 29.7 Å². The van der Waals surface area contributed by atoms with E-state index in [1.165, 1.54) is 17.1 Å². The molecule has 41 heavy (non-hydrogen) atoms. The minimum atomic E-state index is -1.50. The molecule has 1 unspecified atom stereocenters. The van der Waals surface area contributed by atoms with Crippen molar-refractivity contribution >= 4 is 63.3 Å². The molecule has 0 saturated carbocycles. The van der Waals surface area contributed by atoms with E-state index in [2.05, 4.69) is 15.1 Å². The van der Waals surface area contributed by atoms with Crippen LogP contribution in [0.15, 0.2) is 63.6 Å². The van der Waals surface area contributed by atoms with Gasteiger partial charge in [0, 0.05) is 28.7 Å². The molecule has 0 aromatic carbocycles. The molecule has 14 nitrogen and oxygen atoms in total. The van der Waals surface area contributed by atoms with E-state index < -0.39 is 47.0 Å². The summed E-state index contributed by atoms with van der Waals surface area (Å²) in [5, 5.41) is 39.0. The molecule has 208 valence electrons. The fraction of sp³-hybridized carbons (Fsp3) is 0.292. The second-order valence-corrected chi connectivity index (χ2v) is 10.8. The minimum Gasteiger partial charge on any atom is -0.857 e. The van der Waals surface area contributed by atoms with Gasteiger partial charge in [-0.1, -0.05) is 18.1 Å². The molecular formula is C24H22N7NaO7S2. The van der Waals surface area contributed by atoms with Crippen LogP contribution in [0, 0.1) is 0 Å². The summed E-state index contributed by atoms with van der Waals surface area (Å²) < 4.78 is 3.74. The number of carbonyl (C=O) groups excluding carboxylic acids is 2. The van der Waals surface area contributed by atoms with Gasteiger partial charge in [-0.15, -0.1) is 23.1 Å². The first-order valence-corrected chi connectivity index (χ1v) is 13.9. The number of aliphatic carboxylic acids is 2. The summed E-state index contributed by atoms with van der Waals surface area (Å²) in [6, 6.07) is 4.42. The van der Waals surface area contributed by atoms with Crippen LogP contribution in [-0.4, -0.2) is 72.1 Å². The smallest absolute Gasteiger partial charge is 0.857 e. The number of thiazole rings is 1. The predicted octanol–water partition coefficient (Wildman–Crippen LogP) is -4.40. The van der Waals surface area contributed by atoms with Gasteiger partial charge in [0.15, 0.2) is 11.2 Å². The summed E-state index contributed by atoms with van der Waals surface area (Å²) in [6.45, 7) is 1.78. The van der Waals surface area contributed by atoms with Crippen LogP contribution in [0.3, 0.4) is 0 Å². The second kappa shape index (κ2) is 12.6. The van der Waals surface area contributed by atoms with Gasteiger partial charge in [0.25, 0.3) is 11.6 Å². The molecule has 2 aliphatic heterocycles. The molecule has 2 aliphatic rings. The monoisotopic (exact) mass is 607 g/mol. The minimum absolute atomic E-state index is 0. The van der Waals surface area contributed by atoms with Gasteiger partial charge < -0.3 is 30.7 Å². The number of carbonyl (C=O) groups is 3. The molecule has 5 heterocycles. The van der Waals surface area contributed by atoms with Crippen LogP contribution in [0.1, 0.15) is 19.0 Å². The number of β-lactam (4-membered cyclic amide) rings is 1. The van der Waals surface area contributed by atoms with E-state index in [4.69, 9.17) is 10.6 Å². The first kappa shape index (κ1) is 30.5. The first-order valence-electron chi connectivity index (χ1n) is 12.0. The van der Waals surface area contributed by atoms with Crippen molar-refractivity contribution in [3.05, 3.63) is 59.1 Å². The zero-order chi connectivity index (χ0) is 28.6. The van der Waals surface area contributed by atoms with Crippen molar-refractivity contribution in [3.63, 3.8) is 0 Å². The summed E-state index contributed by atoms with van der Waals surface area (Å²) >= 11 is 2.29. The molecule has 17 heteroatoms. The molecule has 0 radical (unpaired) electrons. The van der Waals surface area contributed by atoms with Crippen LogP contribution in [0.25, 0.3) is 5.65 Å². The van der Waals surface area contributed by atoms with Crippen LogP contribution in [0.4, 0.5) is 5.13 Å². The predicted molar refractivity (Wildman–Crippen MR) is 140 cm³/mol. The van der Waals surface area contributed by atoms with Gasteiger partial charge >= 0.3 is 35.5 Å². The van der Waals surface area contributed by atoms with Gasteiger partial charge in [0.1, 0.15) is 35.7 Å². The number of oxime groups is 1. The molecule has 0 aliphatic carbocycles. The number of nitrogen functional groups attached to an aromatic ring is 1. The summed E-state index contributed by atoms with van der Waals surface area (Å²) in [5.41, 5.74) is 6.32. The summed E-state index contributed by atoms with van der Waals surface area (Å²) in [4.78, 5) is 50.7. The Morgan fingerprint density at radius 1 is 1.34 bits per heavy atom. The number of rotatable bonds is 10. The first-order chi connectivity index (χ1) is 19.2. The molecule has 3 N–H and O–H groups in total. The van der Waals surface area contributed by atoms with Gasteiger partial charge in [-0.25, -0.2) is 18.7 Å². The van der Waals surface area contributed by atoms with Crippen molar-refractivity contribution in [2.45, 2.75) is 37.4 Å². The molecule has 1 fully saturated rings. The number of anilines is 1.